The summed E-state index contributed by atoms with van der Waals surface area (Å²) in [5.74, 6) is 2.02. The Labute approximate surface area is 108 Å². The lowest BCUT2D eigenvalue weighted by Gasteiger charge is -2.52. The van der Waals surface area contributed by atoms with Crippen molar-refractivity contribution in [1.29, 1.82) is 0 Å². The molecular weight excluding hydrogens is 230 g/mol. The monoisotopic (exact) mass is 251 g/mol. The van der Waals surface area contributed by atoms with E-state index in [4.69, 9.17) is 13.9 Å². The van der Waals surface area contributed by atoms with Gasteiger partial charge in [0.2, 0.25) is 0 Å². The van der Waals surface area contributed by atoms with Crippen molar-refractivity contribution >= 4 is 0 Å². The van der Waals surface area contributed by atoms with Gasteiger partial charge < -0.3 is 13.9 Å². The summed E-state index contributed by atoms with van der Waals surface area (Å²) in [5.41, 5.74) is 0.0422. The Bertz CT molecular complexity index is 409. The van der Waals surface area contributed by atoms with Gasteiger partial charge in [-0.2, -0.15) is 0 Å². The van der Waals surface area contributed by atoms with Gasteiger partial charge in [-0.15, -0.1) is 0 Å². The van der Waals surface area contributed by atoms with E-state index < -0.39 is 0 Å². The van der Waals surface area contributed by atoms with Gasteiger partial charge in [-0.25, -0.2) is 0 Å². The highest BCUT2D eigenvalue weighted by Gasteiger charge is 2.47. The number of ether oxygens (including phenoxy) is 2. The minimum Gasteiger partial charge on any atom is -0.465 e. The maximum atomic E-state index is 5.95. The third-order valence-electron chi connectivity index (χ3n) is 3.98. The topological polar surface area (TPSA) is 34.8 Å². The molecule has 0 radical (unpaired) electrons. The summed E-state index contributed by atoms with van der Waals surface area (Å²) in [6, 6.07) is 4.07. The second-order valence-corrected chi connectivity index (χ2v) is 5.54. The van der Waals surface area contributed by atoms with Crippen molar-refractivity contribution in [3.63, 3.8) is 0 Å². The number of furan rings is 1. The van der Waals surface area contributed by atoms with Crippen LogP contribution in [0.2, 0.25) is 0 Å². The van der Waals surface area contributed by atoms with E-state index in [0.29, 0.717) is 6.10 Å². The first-order chi connectivity index (χ1) is 8.69. The van der Waals surface area contributed by atoms with Crippen molar-refractivity contribution in [3.05, 3.63) is 23.7 Å². The van der Waals surface area contributed by atoms with Crippen molar-refractivity contribution in [2.75, 3.05) is 26.8 Å². The highest BCUT2D eigenvalue weighted by atomic mass is 16.5. The normalized spacial score (nSPS) is 27.3. The molecule has 0 saturated carbocycles. The predicted molar refractivity (Wildman–Crippen MR) is 67.4 cm³/mol. The molecule has 0 amide bonds. The average molecular weight is 251 g/mol. The van der Waals surface area contributed by atoms with Gasteiger partial charge in [0, 0.05) is 33.2 Å². The SMILES string of the molecule is CO[C@H]1CCOC2(C1)CN(Cc1ccc(C)o1)C2. The maximum absolute atomic E-state index is 5.95. The summed E-state index contributed by atoms with van der Waals surface area (Å²) in [5, 5.41) is 0. The Hall–Kier alpha value is -0.840. The van der Waals surface area contributed by atoms with Crippen LogP contribution >= 0.6 is 0 Å². The van der Waals surface area contributed by atoms with Crippen LogP contribution in [0, 0.1) is 6.92 Å². The molecule has 4 heteroatoms. The van der Waals surface area contributed by atoms with E-state index in [1.165, 1.54) is 0 Å². The molecule has 2 aliphatic heterocycles. The molecule has 2 fully saturated rings. The predicted octanol–water partition coefficient (Wildman–Crippen LogP) is 1.97. The standard InChI is InChI=1S/C14H21NO3/c1-11-3-4-13(18-11)8-15-9-14(10-15)7-12(16-2)5-6-17-14/h3-4,12H,5-10H2,1-2H3/t12-/m0/s1. The Morgan fingerprint density at radius 3 is 2.94 bits per heavy atom. The van der Waals surface area contributed by atoms with Gasteiger partial charge in [0.15, 0.2) is 0 Å². The van der Waals surface area contributed by atoms with Crippen LogP contribution in [-0.2, 0) is 16.0 Å². The second-order valence-electron chi connectivity index (χ2n) is 5.54. The maximum Gasteiger partial charge on any atom is 0.118 e. The van der Waals surface area contributed by atoms with Gasteiger partial charge in [-0.1, -0.05) is 0 Å². The number of nitrogens with zero attached hydrogens (tertiary/aromatic N) is 1. The van der Waals surface area contributed by atoms with Crippen LogP contribution in [-0.4, -0.2) is 43.4 Å². The highest BCUT2D eigenvalue weighted by molar-refractivity contribution is 5.08. The van der Waals surface area contributed by atoms with Gasteiger partial charge in [0.25, 0.3) is 0 Å². The molecule has 18 heavy (non-hydrogen) atoms. The molecule has 3 heterocycles. The van der Waals surface area contributed by atoms with Gasteiger partial charge in [-0.3, -0.25) is 4.90 Å². The fraction of sp³-hybridized carbons (Fsp3) is 0.714. The van der Waals surface area contributed by atoms with Crippen LogP contribution in [0.4, 0.5) is 0 Å². The number of methoxy groups -OCH3 is 1. The summed E-state index contributed by atoms with van der Waals surface area (Å²) >= 11 is 0. The first-order valence-electron chi connectivity index (χ1n) is 6.64. The fourth-order valence-electron chi connectivity index (χ4n) is 3.08. The van der Waals surface area contributed by atoms with E-state index in [2.05, 4.69) is 11.0 Å². The number of hydrogen-bond acceptors (Lipinski definition) is 4. The Kier molecular flexibility index (Phi) is 3.18. The van der Waals surface area contributed by atoms with Crippen LogP contribution in [0.25, 0.3) is 0 Å². The van der Waals surface area contributed by atoms with Crippen LogP contribution < -0.4 is 0 Å². The van der Waals surface area contributed by atoms with E-state index in [1.54, 1.807) is 7.11 Å². The smallest absolute Gasteiger partial charge is 0.118 e. The highest BCUT2D eigenvalue weighted by Crippen LogP contribution is 2.35. The first kappa shape index (κ1) is 12.2. The minimum absolute atomic E-state index is 0.0422. The summed E-state index contributed by atoms with van der Waals surface area (Å²) in [6.07, 6.45) is 2.42. The van der Waals surface area contributed by atoms with Crippen molar-refractivity contribution in [2.45, 2.75) is 38.0 Å². The molecule has 0 aromatic carbocycles. The van der Waals surface area contributed by atoms with Crippen molar-refractivity contribution in [1.82, 2.24) is 4.90 Å². The summed E-state index contributed by atoms with van der Waals surface area (Å²) in [6.45, 7) is 5.68. The largest absolute Gasteiger partial charge is 0.465 e. The van der Waals surface area contributed by atoms with Crippen LogP contribution in [0.15, 0.2) is 16.5 Å². The first-order valence-corrected chi connectivity index (χ1v) is 6.64. The van der Waals surface area contributed by atoms with E-state index in [-0.39, 0.29) is 5.60 Å². The summed E-state index contributed by atoms with van der Waals surface area (Å²) in [7, 11) is 1.80. The number of likely N-dealkylation sites (tertiary alicyclic amines) is 1. The molecule has 0 aliphatic carbocycles. The lowest BCUT2D eigenvalue weighted by molar-refractivity contribution is -0.196. The Morgan fingerprint density at radius 1 is 1.44 bits per heavy atom. The third kappa shape index (κ3) is 2.32. The molecule has 0 bridgehead atoms. The molecule has 0 unspecified atom stereocenters. The van der Waals surface area contributed by atoms with Gasteiger partial charge in [-0.05, 0) is 25.5 Å². The van der Waals surface area contributed by atoms with Crippen LogP contribution in [0.5, 0.6) is 0 Å². The molecule has 3 rings (SSSR count). The van der Waals surface area contributed by atoms with Crippen LogP contribution in [0.3, 0.4) is 0 Å². The number of hydrogen-bond donors (Lipinski definition) is 0. The lowest BCUT2D eigenvalue weighted by Crippen LogP contribution is -2.65. The molecule has 1 aromatic rings. The van der Waals surface area contributed by atoms with Gasteiger partial charge in [0.05, 0.1) is 18.2 Å². The molecule has 1 atom stereocenters. The molecule has 4 nitrogen and oxygen atoms in total. The Morgan fingerprint density at radius 2 is 2.28 bits per heavy atom. The zero-order chi connectivity index (χ0) is 12.6. The Balaban J connectivity index is 1.53. The van der Waals surface area contributed by atoms with Gasteiger partial charge >= 0.3 is 0 Å². The average Bonchev–Trinajstić information content (AvgIpc) is 2.73. The van der Waals surface area contributed by atoms with Crippen LogP contribution in [0.1, 0.15) is 24.4 Å². The number of aryl methyl sites for hydroxylation is 1. The zero-order valence-corrected chi connectivity index (χ0v) is 11.1. The second kappa shape index (κ2) is 4.68. The molecule has 2 saturated heterocycles. The fourth-order valence-corrected chi connectivity index (χ4v) is 3.08. The molecule has 2 aliphatic rings. The molecule has 1 spiro atoms. The summed E-state index contributed by atoms with van der Waals surface area (Å²) in [4.78, 5) is 2.37. The lowest BCUT2D eigenvalue weighted by atomic mass is 9.84. The minimum atomic E-state index is 0.0422. The zero-order valence-electron chi connectivity index (χ0n) is 11.1. The van der Waals surface area contributed by atoms with Gasteiger partial charge in [0.1, 0.15) is 11.5 Å². The van der Waals surface area contributed by atoms with E-state index in [1.807, 2.05) is 13.0 Å². The number of rotatable bonds is 3. The van der Waals surface area contributed by atoms with E-state index in [0.717, 1.165) is 50.6 Å². The molecular formula is C14H21NO3. The van der Waals surface area contributed by atoms with Crippen molar-refractivity contribution < 1.29 is 13.9 Å². The third-order valence-corrected chi connectivity index (χ3v) is 3.98. The molecule has 1 aromatic heterocycles. The molecule has 0 N–H and O–H groups in total. The van der Waals surface area contributed by atoms with Crippen molar-refractivity contribution in [3.8, 4) is 0 Å². The summed E-state index contributed by atoms with van der Waals surface area (Å²) < 4.78 is 17.0. The van der Waals surface area contributed by atoms with E-state index >= 15 is 0 Å². The molecule has 100 valence electrons. The van der Waals surface area contributed by atoms with E-state index in [9.17, 15) is 0 Å². The quantitative estimate of drug-likeness (QED) is 0.822. The van der Waals surface area contributed by atoms with Crippen molar-refractivity contribution in [2.24, 2.45) is 0 Å².